The summed E-state index contributed by atoms with van der Waals surface area (Å²) in [6, 6.07) is 12.0. The summed E-state index contributed by atoms with van der Waals surface area (Å²) >= 11 is 0. The number of methoxy groups -OCH3 is 3. The fraction of sp³-hybridized carbons (Fsp3) is 0.355. The van der Waals surface area contributed by atoms with E-state index in [0.29, 0.717) is 61.1 Å². The Balaban J connectivity index is 1.70. The first-order valence-electron chi connectivity index (χ1n) is 13.6. The SMILES string of the molecule is COc1cc(C(=O)Oc2ccccc2C)c(-c2c(C(=O)N3CCN(CCO)CC3)ccc3c2OCO3)c(OC)c1OC. The lowest BCUT2D eigenvalue weighted by atomic mass is 9.91. The molecule has 1 amide bonds. The van der Waals surface area contributed by atoms with Gasteiger partial charge in [0.2, 0.25) is 12.5 Å². The molecule has 0 spiro atoms. The third kappa shape index (κ3) is 5.40. The number of fused-ring (bicyclic) bond motifs is 1. The highest BCUT2D eigenvalue weighted by atomic mass is 16.7. The highest BCUT2D eigenvalue weighted by Gasteiger charge is 2.35. The molecule has 0 aromatic heterocycles. The minimum Gasteiger partial charge on any atom is -0.493 e. The van der Waals surface area contributed by atoms with E-state index < -0.39 is 5.97 Å². The van der Waals surface area contributed by atoms with Gasteiger partial charge in [0.1, 0.15) is 5.75 Å². The molecule has 3 aromatic rings. The van der Waals surface area contributed by atoms with Crippen molar-refractivity contribution in [2.45, 2.75) is 6.92 Å². The Labute approximate surface area is 244 Å². The number of ether oxygens (including phenoxy) is 6. The minimum atomic E-state index is -0.689. The van der Waals surface area contributed by atoms with Crippen LogP contribution in [0.15, 0.2) is 42.5 Å². The molecule has 0 bridgehead atoms. The molecular formula is C31H34N2O9. The first kappa shape index (κ1) is 29.0. The largest absolute Gasteiger partial charge is 0.493 e. The van der Waals surface area contributed by atoms with Crippen LogP contribution in [0.25, 0.3) is 11.1 Å². The lowest BCUT2D eigenvalue weighted by molar-refractivity contribution is 0.0614. The van der Waals surface area contributed by atoms with Gasteiger partial charge in [0.25, 0.3) is 5.91 Å². The van der Waals surface area contributed by atoms with Crippen LogP contribution in [0.1, 0.15) is 26.3 Å². The molecular weight excluding hydrogens is 544 g/mol. The van der Waals surface area contributed by atoms with Crippen LogP contribution < -0.4 is 28.4 Å². The van der Waals surface area contributed by atoms with E-state index in [1.807, 2.05) is 19.1 Å². The highest BCUT2D eigenvalue weighted by Crippen LogP contribution is 2.53. The Morgan fingerprint density at radius 3 is 2.26 bits per heavy atom. The molecule has 1 fully saturated rings. The topological polar surface area (TPSA) is 116 Å². The van der Waals surface area contributed by atoms with Gasteiger partial charge in [-0.3, -0.25) is 9.69 Å². The van der Waals surface area contributed by atoms with Crippen molar-refractivity contribution in [2.24, 2.45) is 0 Å². The molecule has 2 aliphatic heterocycles. The summed E-state index contributed by atoms with van der Waals surface area (Å²) < 4.78 is 34.5. The zero-order chi connectivity index (χ0) is 29.8. The van der Waals surface area contributed by atoms with Crippen LogP contribution >= 0.6 is 0 Å². The summed E-state index contributed by atoms with van der Waals surface area (Å²) in [5.41, 5.74) is 1.72. The lowest BCUT2D eigenvalue weighted by Crippen LogP contribution is -2.49. The molecule has 5 rings (SSSR count). The van der Waals surface area contributed by atoms with Gasteiger partial charge in [-0.05, 0) is 36.8 Å². The first-order chi connectivity index (χ1) is 20.4. The molecule has 1 N–H and O–H groups in total. The van der Waals surface area contributed by atoms with Gasteiger partial charge >= 0.3 is 5.97 Å². The Morgan fingerprint density at radius 1 is 0.857 bits per heavy atom. The molecule has 11 nitrogen and oxygen atoms in total. The van der Waals surface area contributed by atoms with E-state index in [-0.39, 0.29) is 47.7 Å². The number of esters is 1. The summed E-state index contributed by atoms with van der Waals surface area (Å²) in [6.07, 6.45) is 0. The second-order valence-electron chi connectivity index (χ2n) is 9.80. The van der Waals surface area contributed by atoms with Crippen molar-refractivity contribution in [2.75, 3.05) is 67.5 Å². The predicted octanol–water partition coefficient (Wildman–Crippen LogP) is 3.39. The second-order valence-corrected chi connectivity index (χ2v) is 9.80. The highest BCUT2D eigenvalue weighted by molar-refractivity contribution is 6.09. The molecule has 2 heterocycles. The Bertz CT molecular complexity index is 1480. The zero-order valence-corrected chi connectivity index (χ0v) is 24.1. The summed E-state index contributed by atoms with van der Waals surface area (Å²) in [6.45, 7) is 4.58. The summed E-state index contributed by atoms with van der Waals surface area (Å²) in [7, 11) is 4.36. The number of nitrogens with zero attached hydrogens (tertiary/aromatic N) is 2. The normalized spacial score (nSPS) is 14.5. The number of carbonyl (C=O) groups excluding carboxylic acids is 2. The Morgan fingerprint density at radius 2 is 1.60 bits per heavy atom. The van der Waals surface area contributed by atoms with Gasteiger partial charge in [-0.25, -0.2) is 4.79 Å². The number of carbonyl (C=O) groups is 2. The number of β-amino-alcohol motifs (C(OH)–C–C–N with tert-alkyl or cyclic N) is 1. The summed E-state index contributed by atoms with van der Waals surface area (Å²) in [4.78, 5) is 31.9. The molecule has 0 saturated carbocycles. The van der Waals surface area contributed by atoms with Crippen LogP contribution in [-0.4, -0.2) is 94.2 Å². The molecule has 0 aliphatic carbocycles. The number of aliphatic hydroxyl groups excluding tert-OH is 1. The molecule has 42 heavy (non-hydrogen) atoms. The first-order valence-corrected chi connectivity index (χ1v) is 13.6. The van der Waals surface area contributed by atoms with Crippen LogP contribution in [0.4, 0.5) is 0 Å². The van der Waals surface area contributed by atoms with E-state index >= 15 is 0 Å². The van der Waals surface area contributed by atoms with Crippen LogP contribution in [-0.2, 0) is 0 Å². The van der Waals surface area contributed by atoms with Gasteiger partial charge in [0.15, 0.2) is 23.0 Å². The van der Waals surface area contributed by atoms with E-state index in [4.69, 9.17) is 28.4 Å². The minimum absolute atomic E-state index is 0.0563. The number of piperazine rings is 1. The number of aliphatic hydroxyl groups is 1. The van der Waals surface area contributed by atoms with Crippen molar-refractivity contribution in [3.63, 3.8) is 0 Å². The zero-order valence-electron chi connectivity index (χ0n) is 24.1. The van der Waals surface area contributed by atoms with Gasteiger partial charge in [-0.15, -0.1) is 0 Å². The predicted molar refractivity (Wildman–Crippen MR) is 153 cm³/mol. The monoisotopic (exact) mass is 578 g/mol. The van der Waals surface area contributed by atoms with Crippen LogP contribution in [0, 0.1) is 6.92 Å². The molecule has 11 heteroatoms. The number of hydrogen-bond donors (Lipinski definition) is 1. The fourth-order valence-electron chi connectivity index (χ4n) is 5.28. The molecule has 2 aliphatic rings. The van der Waals surface area contributed by atoms with E-state index in [0.717, 1.165) is 5.56 Å². The van der Waals surface area contributed by atoms with Crippen molar-refractivity contribution in [3.05, 3.63) is 59.2 Å². The van der Waals surface area contributed by atoms with Gasteiger partial charge in [-0.2, -0.15) is 0 Å². The average molecular weight is 579 g/mol. The molecule has 0 unspecified atom stereocenters. The molecule has 0 atom stereocenters. The van der Waals surface area contributed by atoms with Gasteiger partial charge in [0.05, 0.1) is 39.1 Å². The van der Waals surface area contributed by atoms with Crippen molar-refractivity contribution in [1.82, 2.24) is 9.80 Å². The number of aryl methyl sites for hydroxylation is 1. The number of amides is 1. The molecule has 1 saturated heterocycles. The Kier molecular flexibility index (Phi) is 8.69. The lowest BCUT2D eigenvalue weighted by Gasteiger charge is -2.34. The maximum Gasteiger partial charge on any atom is 0.344 e. The van der Waals surface area contributed by atoms with Crippen LogP contribution in [0.2, 0.25) is 0 Å². The van der Waals surface area contributed by atoms with Gasteiger partial charge in [-0.1, -0.05) is 18.2 Å². The van der Waals surface area contributed by atoms with E-state index in [9.17, 15) is 14.7 Å². The fourth-order valence-corrected chi connectivity index (χ4v) is 5.28. The van der Waals surface area contributed by atoms with Gasteiger partial charge < -0.3 is 38.4 Å². The summed E-state index contributed by atoms with van der Waals surface area (Å²) in [5.74, 6) is 0.812. The van der Waals surface area contributed by atoms with E-state index in [2.05, 4.69) is 4.90 Å². The van der Waals surface area contributed by atoms with E-state index in [1.54, 1.807) is 29.2 Å². The van der Waals surface area contributed by atoms with Crippen molar-refractivity contribution >= 4 is 11.9 Å². The third-order valence-corrected chi connectivity index (χ3v) is 7.44. The van der Waals surface area contributed by atoms with Crippen molar-refractivity contribution < 1.29 is 43.1 Å². The maximum absolute atomic E-state index is 14.1. The van der Waals surface area contributed by atoms with Gasteiger partial charge in [0, 0.05) is 43.9 Å². The number of para-hydroxylation sites is 1. The number of benzene rings is 3. The summed E-state index contributed by atoms with van der Waals surface area (Å²) in [5, 5.41) is 9.32. The smallest absolute Gasteiger partial charge is 0.344 e. The van der Waals surface area contributed by atoms with Crippen LogP contribution in [0.3, 0.4) is 0 Å². The molecule has 222 valence electrons. The van der Waals surface area contributed by atoms with Crippen LogP contribution in [0.5, 0.6) is 34.5 Å². The standard InChI is InChI=1S/C31H34N2O9/c1-19-7-5-6-8-22(19)42-31(36)21-17-24(37-2)28(38-3)29(39-4)26(21)25-20(9-10-23-27(25)41-18-40-23)30(35)33-13-11-32(12-14-33)15-16-34/h5-10,17,34H,11-16,18H2,1-4H3. The second kappa shape index (κ2) is 12.6. The maximum atomic E-state index is 14.1. The van der Waals surface area contributed by atoms with Crippen molar-refractivity contribution in [3.8, 4) is 45.6 Å². The van der Waals surface area contributed by atoms with E-state index in [1.165, 1.54) is 27.4 Å². The molecule has 3 aromatic carbocycles. The third-order valence-electron chi connectivity index (χ3n) is 7.44. The van der Waals surface area contributed by atoms with Crippen molar-refractivity contribution in [1.29, 1.82) is 0 Å². The number of hydrogen-bond acceptors (Lipinski definition) is 10. The average Bonchev–Trinajstić information content (AvgIpc) is 3.50. The molecule has 0 radical (unpaired) electrons. The number of rotatable bonds is 9. The Hall–Kier alpha value is -4.48. The quantitative estimate of drug-likeness (QED) is 0.299.